The second kappa shape index (κ2) is 11.6. The quantitative estimate of drug-likeness (QED) is 0.416. The first-order chi connectivity index (χ1) is 15.1. The van der Waals surface area contributed by atoms with Crippen LogP contribution in [0.25, 0.3) is 0 Å². The number of hydrogen-bond acceptors (Lipinski definition) is 5. The van der Waals surface area contributed by atoms with Gasteiger partial charge in [0, 0.05) is 13.0 Å². The molecule has 0 aliphatic carbocycles. The van der Waals surface area contributed by atoms with Crippen LogP contribution in [-0.2, 0) is 25.6 Å². The molecule has 176 valence electrons. The number of carbonyl (C=O) groups excluding carboxylic acids is 3. The van der Waals surface area contributed by atoms with Crippen molar-refractivity contribution in [3.05, 3.63) is 35.9 Å². The van der Waals surface area contributed by atoms with Gasteiger partial charge in [0.2, 0.25) is 17.7 Å². The molecule has 32 heavy (non-hydrogen) atoms. The number of nitrogens with zero attached hydrogens (tertiary/aromatic N) is 1. The van der Waals surface area contributed by atoms with Crippen LogP contribution in [0.5, 0.6) is 0 Å². The fourth-order valence-corrected chi connectivity index (χ4v) is 3.71. The molecule has 0 aromatic heterocycles. The molecule has 9 heteroatoms. The second-order valence-electron chi connectivity index (χ2n) is 8.42. The molecule has 1 heterocycles. The maximum absolute atomic E-state index is 12.8. The number of carboxylic acid groups (broad SMARTS) is 1. The average molecular weight is 447 g/mol. The summed E-state index contributed by atoms with van der Waals surface area (Å²) in [4.78, 5) is 51.2. The van der Waals surface area contributed by atoms with E-state index in [1.807, 2.05) is 19.9 Å². The van der Waals surface area contributed by atoms with E-state index in [-0.39, 0.29) is 18.2 Å². The molecule has 5 N–H and O–H groups in total. The molecule has 1 aliphatic rings. The third-order valence-corrected chi connectivity index (χ3v) is 6.03. The van der Waals surface area contributed by atoms with Gasteiger partial charge in [-0.2, -0.15) is 0 Å². The second-order valence-corrected chi connectivity index (χ2v) is 8.42. The van der Waals surface area contributed by atoms with Crippen molar-refractivity contribution >= 4 is 23.7 Å². The summed E-state index contributed by atoms with van der Waals surface area (Å²) < 4.78 is 0. The summed E-state index contributed by atoms with van der Waals surface area (Å²) in [5.74, 6) is -2.47. The summed E-state index contributed by atoms with van der Waals surface area (Å²) in [6.45, 7) is 5.78. The number of amides is 3. The zero-order valence-corrected chi connectivity index (χ0v) is 18.9. The van der Waals surface area contributed by atoms with Crippen LogP contribution in [0.3, 0.4) is 0 Å². The first-order valence-electron chi connectivity index (χ1n) is 11.1. The standard InChI is InChI=1S/C23H34N4O5/c1-4-14(2)19(24)22(30)27-12-8-11-18(27)21(29)25-15(3)20(28)26-17(23(31)32)13-16-9-6-5-7-10-16/h5-7,9-10,14-15,17-19H,4,8,11-13,24H2,1-3H3,(H,25,29)(H,26,28)(H,31,32). The highest BCUT2D eigenvalue weighted by atomic mass is 16.4. The van der Waals surface area contributed by atoms with Crippen molar-refractivity contribution in [2.75, 3.05) is 6.54 Å². The van der Waals surface area contributed by atoms with E-state index in [0.29, 0.717) is 19.4 Å². The van der Waals surface area contributed by atoms with E-state index in [9.17, 15) is 24.3 Å². The molecule has 5 unspecified atom stereocenters. The highest BCUT2D eigenvalue weighted by Crippen LogP contribution is 2.20. The molecule has 9 nitrogen and oxygen atoms in total. The van der Waals surface area contributed by atoms with Gasteiger partial charge in [0.25, 0.3) is 0 Å². The van der Waals surface area contributed by atoms with Crippen LogP contribution in [0.4, 0.5) is 0 Å². The summed E-state index contributed by atoms with van der Waals surface area (Å²) in [7, 11) is 0. The summed E-state index contributed by atoms with van der Waals surface area (Å²) in [6, 6.07) is 5.52. The van der Waals surface area contributed by atoms with Crippen molar-refractivity contribution in [1.82, 2.24) is 15.5 Å². The molecule has 3 amide bonds. The summed E-state index contributed by atoms with van der Waals surface area (Å²) in [5.41, 5.74) is 6.84. The Morgan fingerprint density at radius 2 is 1.81 bits per heavy atom. The number of nitrogens with two attached hydrogens (primary N) is 1. The zero-order chi connectivity index (χ0) is 23.8. The van der Waals surface area contributed by atoms with Crippen molar-refractivity contribution in [2.45, 2.75) is 70.6 Å². The van der Waals surface area contributed by atoms with Gasteiger partial charge < -0.3 is 26.4 Å². The molecule has 5 atom stereocenters. The van der Waals surface area contributed by atoms with E-state index >= 15 is 0 Å². The van der Waals surface area contributed by atoms with E-state index in [1.165, 1.54) is 11.8 Å². The van der Waals surface area contributed by atoms with Gasteiger partial charge in [0.15, 0.2) is 0 Å². The third-order valence-electron chi connectivity index (χ3n) is 6.03. The van der Waals surface area contributed by atoms with Gasteiger partial charge in [-0.25, -0.2) is 4.79 Å². The minimum atomic E-state index is -1.16. The van der Waals surface area contributed by atoms with Gasteiger partial charge in [-0.1, -0.05) is 50.6 Å². The Kier molecular flexibility index (Phi) is 9.19. The lowest BCUT2D eigenvalue weighted by atomic mass is 9.98. The Balaban J connectivity index is 1.97. The number of carboxylic acids is 1. The van der Waals surface area contributed by atoms with E-state index in [1.54, 1.807) is 24.3 Å². The van der Waals surface area contributed by atoms with Crippen LogP contribution < -0.4 is 16.4 Å². The summed E-state index contributed by atoms with van der Waals surface area (Å²) in [5, 5.41) is 14.6. The molecule has 0 radical (unpaired) electrons. The van der Waals surface area contributed by atoms with Gasteiger partial charge in [-0.05, 0) is 31.2 Å². The summed E-state index contributed by atoms with van der Waals surface area (Å²) >= 11 is 0. The minimum Gasteiger partial charge on any atom is -0.480 e. The molecule has 1 fully saturated rings. The van der Waals surface area contributed by atoms with Crippen molar-refractivity contribution in [3.63, 3.8) is 0 Å². The molecular formula is C23H34N4O5. The molecule has 1 aromatic rings. The van der Waals surface area contributed by atoms with E-state index in [2.05, 4.69) is 10.6 Å². The van der Waals surface area contributed by atoms with Crippen molar-refractivity contribution in [1.29, 1.82) is 0 Å². The van der Waals surface area contributed by atoms with Crippen molar-refractivity contribution in [3.8, 4) is 0 Å². The fraction of sp³-hybridized carbons (Fsp3) is 0.565. The minimum absolute atomic E-state index is 0.00548. The zero-order valence-electron chi connectivity index (χ0n) is 18.9. The Morgan fingerprint density at radius 3 is 2.41 bits per heavy atom. The van der Waals surface area contributed by atoms with E-state index in [0.717, 1.165) is 12.0 Å². The Bertz CT molecular complexity index is 816. The van der Waals surface area contributed by atoms with Crippen molar-refractivity contribution in [2.24, 2.45) is 11.7 Å². The number of likely N-dealkylation sites (tertiary alicyclic amines) is 1. The number of aliphatic carboxylic acids is 1. The van der Waals surface area contributed by atoms with Crippen LogP contribution in [-0.4, -0.2) is 64.4 Å². The normalized spacial score (nSPS) is 19.5. The molecule has 0 saturated carbocycles. The number of carbonyl (C=O) groups is 4. The average Bonchev–Trinajstić information content (AvgIpc) is 3.27. The Labute approximate surface area is 188 Å². The van der Waals surface area contributed by atoms with Gasteiger partial charge >= 0.3 is 5.97 Å². The molecule has 0 spiro atoms. The maximum atomic E-state index is 12.8. The molecule has 2 rings (SSSR count). The molecular weight excluding hydrogens is 412 g/mol. The SMILES string of the molecule is CCC(C)C(N)C(=O)N1CCCC1C(=O)NC(C)C(=O)NC(Cc1ccccc1)C(=O)O. The molecule has 0 bridgehead atoms. The van der Waals surface area contributed by atoms with Crippen LogP contribution >= 0.6 is 0 Å². The first-order valence-corrected chi connectivity index (χ1v) is 11.1. The number of hydrogen-bond donors (Lipinski definition) is 4. The topological polar surface area (TPSA) is 142 Å². The first kappa shape index (κ1) is 25.3. The Morgan fingerprint density at radius 1 is 1.16 bits per heavy atom. The maximum Gasteiger partial charge on any atom is 0.326 e. The molecule has 1 aromatic carbocycles. The smallest absolute Gasteiger partial charge is 0.326 e. The third kappa shape index (κ3) is 6.53. The largest absolute Gasteiger partial charge is 0.480 e. The lowest BCUT2D eigenvalue weighted by Crippen LogP contribution is -2.56. The van der Waals surface area contributed by atoms with Gasteiger partial charge in [0.1, 0.15) is 18.1 Å². The number of nitrogens with one attached hydrogen (secondary N) is 2. The lowest BCUT2D eigenvalue weighted by Gasteiger charge is -2.29. The lowest BCUT2D eigenvalue weighted by molar-refractivity contribution is -0.143. The van der Waals surface area contributed by atoms with E-state index < -0.39 is 42.0 Å². The number of rotatable bonds is 10. The predicted octanol–water partition coefficient (Wildman–Crippen LogP) is 0.668. The van der Waals surface area contributed by atoms with Gasteiger partial charge in [-0.3, -0.25) is 14.4 Å². The fourth-order valence-electron chi connectivity index (χ4n) is 3.71. The molecule has 1 saturated heterocycles. The van der Waals surface area contributed by atoms with Gasteiger partial charge in [-0.15, -0.1) is 0 Å². The van der Waals surface area contributed by atoms with Crippen LogP contribution in [0, 0.1) is 5.92 Å². The predicted molar refractivity (Wildman–Crippen MR) is 119 cm³/mol. The highest BCUT2D eigenvalue weighted by molar-refractivity contribution is 5.94. The van der Waals surface area contributed by atoms with Crippen molar-refractivity contribution < 1.29 is 24.3 Å². The van der Waals surface area contributed by atoms with Crippen LogP contribution in [0.1, 0.15) is 45.6 Å². The Hall–Kier alpha value is -2.94. The highest BCUT2D eigenvalue weighted by Gasteiger charge is 2.38. The monoisotopic (exact) mass is 446 g/mol. The van der Waals surface area contributed by atoms with Gasteiger partial charge in [0.05, 0.1) is 6.04 Å². The van der Waals surface area contributed by atoms with E-state index in [4.69, 9.17) is 5.73 Å². The molecule has 1 aliphatic heterocycles. The van der Waals surface area contributed by atoms with Crippen LogP contribution in [0.2, 0.25) is 0 Å². The number of benzene rings is 1. The summed E-state index contributed by atoms with van der Waals surface area (Å²) in [6.07, 6.45) is 2.05. The van der Waals surface area contributed by atoms with Crippen LogP contribution in [0.15, 0.2) is 30.3 Å².